The van der Waals surface area contributed by atoms with Gasteiger partial charge in [-0.1, -0.05) is 30.3 Å². The van der Waals surface area contributed by atoms with Crippen molar-refractivity contribution >= 4 is 36.3 Å². The van der Waals surface area contributed by atoms with Crippen LogP contribution in [0.2, 0.25) is 0 Å². The van der Waals surface area contributed by atoms with Crippen LogP contribution in [-0.2, 0) is 25.6 Å². The molecule has 5 unspecified atom stereocenters. The predicted octanol–water partition coefficient (Wildman–Crippen LogP) is -1.17. The van der Waals surface area contributed by atoms with Crippen LogP contribution in [0.1, 0.15) is 25.3 Å². The molecule has 0 radical (unpaired) electrons. The van der Waals surface area contributed by atoms with Gasteiger partial charge in [0.1, 0.15) is 18.1 Å². The minimum absolute atomic E-state index is 0.0853. The predicted molar refractivity (Wildman–Crippen MR) is 120 cm³/mol. The Bertz CT molecular complexity index is 801. The third-order valence-corrected chi connectivity index (χ3v) is 5.52. The Morgan fingerprint density at radius 3 is 2.28 bits per heavy atom. The van der Waals surface area contributed by atoms with Crippen molar-refractivity contribution in [2.75, 3.05) is 12.3 Å². The van der Waals surface area contributed by atoms with Gasteiger partial charge in [0.2, 0.25) is 17.7 Å². The molecule has 1 aromatic carbocycles. The summed E-state index contributed by atoms with van der Waals surface area (Å²) in [5, 5.41) is 29.7. The number of thiol groups is 1. The first kappa shape index (κ1) is 25.6. The fraction of sp³-hybridized carbons (Fsp3) is 0.524. The lowest BCUT2D eigenvalue weighted by Gasteiger charge is -2.26. The second-order valence-corrected chi connectivity index (χ2v) is 8.07. The molecule has 176 valence electrons. The summed E-state index contributed by atoms with van der Waals surface area (Å²) in [5.41, 5.74) is 0.735. The molecule has 1 saturated heterocycles. The first-order valence-corrected chi connectivity index (χ1v) is 11.1. The fourth-order valence-electron chi connectivity index (χ4n) is 3.35. The molecule has 2 rings (SSSR count). The van der Waals surface area contributed by atoms with Crippen LogP contribution in [-0.4, -0.2) is 76.5 Å². The molecule has 0 aromatic heterocycles. The minimum Gasteiger partial charge on any atom is -0.480 e. The lowest BCUT2D eigenvalue weighted by molar-refractivity contribution is -0.141. The molecule has 6 N–H and O–H groups in total. The lowest BCUT2D eigenvalue weighted by atomic mass is 10.0. The maximum atomic E-state index is 12.9. The molecule has 10 nitrogen and oxygen atoms in total. The average Bonchev–Trinajstić information content (AvgIpc) is 3.30. The second kappa shape index (κ2) is 12.4. The van der Waals surface area contributed by atoms with Gasteiger partial charge >= 0.3 is 5.97 Å². The Morgan fingerprint density at radius 1 is 1.09 bits per heavy atom. The second-order valence-electron chi connectivity index (χ2n) is 7.71. The minimum atomic E-state index is -1.28. The van der Waals surface area contributed by atoms with Crippen LogP contribution in [0.3, 0.4) is 0 Å². The van der Waals surface area contributed by atoms with Gasteiger partial charge in [-0.25, -0.2) is 4.79 Å². The number of benzene rings is 1. The van der Waals surface area contributed by atoms with Crippen molar-refractivity contribution in [1.82, 2.24) is 21.3 Å². The Kier molecular flexibility index (Phi) is 9.95. The van der Waals surface area contributed by atoms with Crippen LogP contribution in [0, 0.1) is 0 Å². The molecule has 0 aliphatic carbocycles. The number of hydrogen-bond acceptors (Lipinski definition) is 7. The standard InChI is InChI=1S/C21H30N4O6S/c1-12(26)17(25-18(27)14-8-5-9-22-14)20(29)23-15(10-13-6-3-2-4-7-13)19(28)24-16(11-32)21(30)31/h2-4,6-7,12,14-17,22,26,32H,5,8-11H2,1H3,(H,23,29)(H,24,28)(H,25,27)(H,30,31). The first-order chi connectivity index (χ1) is 15.2. The summed E-state index contributed by atoms with van der Waals surface area (Å²) in [6.07, 6.45) is 0.324. The van der Waals surface area contributed by atoms with E-state index in [2.05, 4.69) is 33.9 Å². The Morgan fingerprint density at radius 2 is 1.75 bits per heavy atom. The average molecular weight is 467 g/mol. The van der Waals surface area contributed by atoms with Crippen molar-refractivity contribution < 1.29 is 29.4 Å². The summed E-state index contributed by atoms with van der Waals surface area (Å²) in [7, 11) is 0. The smallest absolute Gasteiger partial charge is 0.327 e. The molecule has 0 spiro atoms. The largest absolute Gasteiger partial charge is 0.480 e. The number of carboxylic acid groups (broad SMARTS) is 1. The molecular formula is C21H30N4O6S. The molecular weight excluding hydrogens is 436 g/mol. The van der Waals surface area contributed by atoms with Crippen molar-refractivity contribution in [3.8, 4) is 0 Å². The SMILES string of the molecule is CC(O)C(NC(=O)C1CCCN1)C(=O)NC(Cc1ccccc1)C(=O)NC(CS)C(=O)O. The zero-order chi connectivity index (χ0) is 23.7. The number of nitrogens with one attached hydrogen (secondary N) is 4. The van der Waals surface area contributed by atoms with Gasteiger partial charge in [-0.2, -0.15) is 12.6 Å². The number of carbonyl (C=O) groups excluding carboxylic acids is 3. The van der Waals surface area contributed by atoms with Crippen molar-refractivity contribution in [3.05, 3.63) is 35.9 Å². The van der Waals surface area contributed by atoms with E-state index in [1.165, 1.54) is 6.92 Å². The van der Waals surface area contributed by atoms with Gasteiger partial charge in [0.15, 0.2) is 0 Å². The molecule has 0 saturated carbocycles. The number of carbonyl (C=O) groups is 4. The number of aliphatic hydroxyl groups excluding tert-OH is 1. The topological polar surface area (TPSA) is 157 Å². The van der Waals surface area contributed by atoms with E-state index in [-0.39, 0.29) is 12.2 Å². The molecule has 1 aliphatic rings. The molecule has 32 heavy (non-hydrogen) atoms. The number of amides is 3. The summed E-state index contributed by atoms with van der Waals surface area (Å²) >= 11 is 3.94. The fourth-order valence-corrected chi connectivity index (χ4v) is 3.59. The summed E-state index contributed by atoms with van der Waals surface area (Å²) in [5.74, 6) is -3.25. The highest BCUT2D eigenvalue weighted by molar-refractivity contribution is 7.80. The first-order valence-electron chi connectivity index (χ1n) is 10.4. The van der Waals surface area contributed by atoms with E-state index in [0.717, 1.165) is 12.0 Å². The molecule has 1 aromatic rings. The number of hydrogen-bond donors (Lipinski definition) is 7. The molecule has 11 heteroatoms. The quantitative estimate of drug-likeness (QED) is 0.203. The van der Waals surface area contributed by atoms with Crippen LogP contribution in [0.15, 0.2) is 30.3 Å². The molecule has 0 bridgehead atoms. The van der Waals surface area contributed by atoms with E-state index in [9.17, 15) is 29.4 Å². The van der Waals surface area contributed by atoms with Crippen LogP contribution in [0.25, 0.3) is 0 Å². The summed E-state index contributed by atoms with van der Waals surface area (Å²) in [6, 6.07) is 4.78. The van der Waals surface area contributed by atoms with Crippen molar-refractivity contribution in [1.29, 1.82) is 0 Å². The zero-order valence-electron chi connectivity index (χ0n) is 17.8. The van der Waals surface area contributed by atoms with E-state index < -0.39 is 54.0 Å². The number of aliphatic hydroxyl groups is 1. The number of rotatable bonds is 11. The molecule has 5 atom stereocenters. The summed E-state index contributed by atoms with van der Waals surface area (Å²) in [6.45, 7) is 2.05. The Labute approximate surface area is 191 Å². The van der Waals surface area contributed by atoms with Gasteiger partial charge in [-0.3, -0.25) is 14.4 Å². The van der Waals surface area contributed by atoms with E-state index >= 15 is 0 Å². The van der Waals surface area contributed by atoms with E-state index in [4.69, 9.17) is 0 Å². The van der Waals surface area contributed by atoms with Crippen molar-refractivity contribution in [2.45, 2.75) is 56.5 Å². The van der Waals surface area contributed by atoms with E-state index in [0.29, 0.717) is 13.0 Å². The van der Waals surface area contributed by atoms with E-state index in [1.807, 2.05) is 0 Å². The highest BCUT2D eigenvalue weighted by Crippen LogP contribution is 2.08. The van der Waals surface area contributed by atoms with Gasteiger partial charge in [-0.15, -0.1) is 0 Å². The highest BCUT2D eigenvalue weighted by atomic mass is 32.1. The van der Waals surface area contributed by atoms with Crippen LogP contribution in [0.4, 0.5) is 0 Å². The summed E-state index contributed by atoms with van der Waals surface area (Å²) < 4.78 is 0. The zero-order valence-corrected chi connectivity index (χ0v) is 18.7. The van der Waals surface area contributed by atoms with Gasteiger partial charge in [0.25, 0.3) is 0 Å². The Hall–Kier alpha value is -2.63. The maximum absolute atomic E-state index is 12.9. The summed E-state index contributed by atoms with van der Waals surface area (Å²) in [4.78, 5) is 49.4. The molecule has 1 aliphatic heterocycles. The van der Waals surface area contributed by atoms with Gasteiger partial charge in [0.05, 0.1) is 12.1 Å². The van der Waals surface area contributed by atoms with E-state index in [1.54, 1.807) is 30.3 Å². The highest BCUT2D eigenvalue weighted by Gasteiger charge is 2.33. The van der Waals surface area contributed by atoms with Crippen LogP contribution in [0.5, 0.6) is 0 Å². The molecule has 1 heterocycles. The van der Waals surface area contributed by atoms with Crippen molar-refractivity contribution in [2.24, 2.45) is 0 Å². The molecule has 1 fully saturated rings. The van der Waals surface area contributed by atoms with Crippen LogP contribution >= 0.6 is 12.6 Å². The van der Waals surface area contributed by atoms with Crippen LogP contribution < -0.4 is 21.3 Å². The normalized spacial score (nSPS) is 19.3. The maximum Gasteiger partial charge on any atom is 0.327 e. The number of carboxylic acids is 1. The monoisotopic (exact) mass is 466 g/mol. The van der Waals surface area contributed by atoms with Gasteiger partial charge in [0, 0.05) is 12.2 Å². The van der Waals surface area contributed by atoms with Gasteiger partial charge in [-0.05, 0) is 31.9 Å². The Balaban J connectivity index is 2.15. The third-order valence-electron chi connectivity index (χ3n) is 5.15. The third kappa shape index (κ3) is 7.50. The number of aliphatic carboxylic acids is 1. The van der Waals surface area contributed by atoms with Crippen molar-refractivity contribution in [3.63, 3.8) is 0 Å². The molecule has 3 amide bonds. The van der Waals surface area contributed by atoms with Gasteiger partial charge < -0.3 is 31.5 Å². The lowest BCUT2D eigenvalue weighted by Crippen LogP contribution is -2.60.